The number of anilines is 2. The molecule has 0 fully saturated rings. The van der Waals surface area contributed by atoms with Crippen LogP contribution in [0.15, 0.2) is 53.4 Å². The van der Waals surface area contributed by atoms with Crippen molar-refractivity contribution in [2.45, 2.75) is 56.1 Å². The van der Waals surface area contributed by atoms with Crippen LogP contribution < -0.4 is 10.6 Å². The van der Waals surface area contributed by atoms with E-state index in [0.29, 0.717) is 21.3 Å². The topological polar surface area (TPSA) is 84.5 Å². The molecule has 0 saturated carbocycles. The van der Waals surface area contributed by atoms with Crippen molar-refractivity contribution in [3.05, 3.63) is 75.1 Å². The SMILES string of the molecule is CCOC(=O)c1c(NC(=O)C(C)Sc2cccc(NC(=O)Cc3ccc(Cl)cc3)c2)sc2c1CCCC2. The Hall–Kier alpha value is -2.81. The predicted octanol–water partition coefficient (Wildman–Crippen LogP) is 6.76. The van der Waals surface area contributed by atoms with Crippen LogP contribution in [0.1, 0.15) is 53.1 Å². The van der Waals surface area contributed by atoms with Gasteiger partial charge in [0.05, 0.1) is 23.8 Å². The van der Waals surface area contributed by atoms with E-state index in [0.717, 1.165) is 46.6 Å². The maximum Gasteiger partial charge on any atom is 0.341 e. The van der Waals surface area contributed by atoms with Crippen LogP contribution in [0.3, 0.4) is 0 Å². The van der Waals surface area contributed by atoms with Gasteiger partial charge in [0, 0.05) is 20.5 Å². The minimum Gasteiger partial charge on any atom is -0.462 e. The van der Waals surface area contributed by atoms with Crippen LogP contribution in [0.4, 0.5) is 10.7 Å². The average molecular weight is 557 g/mol. The van der Waals surface area contributed by atoms with Gasteiger partial charge >= 0.3 is 5.97 Å². The van der Waals surface area contributed by atoms with E-state index in [-0.39, 0.29) is 30.8 Å². The number of rotatable bonds is 9. The second kappa shape index (κ2) is 12.6. The van der Waals surface area contributed by atoms with Crippen LogP contribution in [-0.4, -0.2) is 29.6 Å². The van der Waals surface area contributed by atoms with Gasteiger partial charge in [0.2, 0.25) is 11.8 Å². The molecule has 194 valence electrons. The Morgan fingerprint density at radius 1 is 1.08 bits per heavy atom. The fourth-order valence-corrected chi connectivity index (χ4v) is 6.52. The van der Waals surface area contributed by atoms with Crippen molar-refractivity contribution >= 4 is 63.2 Å². The summed E-state index contributed by atoms with van der Waals surface area (Å²) in [6, 6.07) is 14.6. The number of amides is 2. The molecular formula is C28H29ClN2O4S2. The van der Waals surface area contributed by atoms with Crippen molar-refractivity contribution in [2.24, 2.45) is 0 Å². The van der Waals surface area contributed by atoms with Crippen LogP contribution in [0.2, 0.25) is 5.02 Å². The predicted molar refractivity (Wildman–Crippen MR) is 151 cm³/mol. The van der Waals surface area contributed by atoms with Crippen molar-refractivity contribution < 1.29 is 19.1 Å². The number of nitrogens with one attached hydrogen (secondary N) is 2. The minimum absolute atomic E-state index is 0.136. The molecule has 1 heterocycles. The summed E-state index contributed by atoms with van der Waals surface area (Å²) in [7, 11) is 0. The molecule has 1 aromatic heterocycles. The van der Waals surface area contributed by atoms with Crippen molar-refractivity contribution in [3.8, 4) is 0 Å². The molecule has 2 aromatic carbocycles. The number of benzene rings is 2. The summed E-state index contributed by atoms with van der Waals surface area (Å²) >= 11 is 8.78. The maximum atomic E-state index is 13.1. The first-order chi connectivity index (χ1) is 17.8. The molecule has 37 heavy (non-hydrogen) atoms. The van der Waals surface area contributed by atoms with Gasteiger partial charge in [-0.15, -0.1) is 23.1 Å². The quantitative estimate of drug-likeness (QED) is 0.225. The number of ether oxygens (including phenoxy) is 1. The van der Waals surface area contributed by atoms with Gasteiger partial charge in [-0.05, 0) is 81.0 Å². The highest BCUT2D eigenvalue weighted by Crippen LogP contribution is 2.39. The third kappa shape index (κ3) is 7.15. The van der Waals surface area contributed by atoms with Gasteiger partial charge in [0.1, 0.15) is 5.00 Å². The second-order valence-corrected chi connectivity index (χ2v) is 11.7. The third-order valence-corrected chi connectivity index (χ3v) is 8.52. The molecule has 2 N–H and O–H groups in total. The lowest BCUT2D eigenvalue weighted by Gasteiger charge is -2.14. The fourth-order valence-electron chi connectivity index (χ4n) is 4.18. The third-order valence-electron chi connectivity index (χ3n) is 5.97. The van der Waals surface area contributed by atoms with Gasteiger partial charge < -0.3 is 15.4 Å². The van der Waals surface area contributed by atoms with Crippen molar-refractivity contribution in [1.29, 1.82) is 0 Å². The van der Waals surface area contributed by atoms with Crippen LogP contribution in [0.5, 0.6) is 0 Å². The molecule has 3 aromatic rings. The zero-order valence-electron chi connectivity index (χ0n) is 20.8. The van der Waals surface area contributed by atoms with E-state index in [2.05, 4.69) is 10.6 Å². The highest BCUT2D eigenvalue weighted by atomic mass is 35.5. The van der Waals surface area contributed by atoms with Gasteiger partial charge in [-0.2, -0.15) is 0 Å². The summed E-state index contributed by atoms with van der Waals surface area (Å²) < 4.78 is 5.29. The molecule has 4 rings (SSSR count). The number of thioether (sulfide) groups is 1. The first-order valence-corrected chi connectivity index (χ1v) is 14.3. The number of hydrogen-bond donors (Lipinski definition) is 2. The fraction of sp³-hybridized carbons (Fsp3) is 0.321. The van der Waals surface area contributed by atoms with Crippen molar-refractivity contribution in [3.63, 3.8) is 0 Å². The molecule has 0 radical (unpaired) electrons. The van der Waals surface area contributed by atoms with Crippen molar-refractivity contribution in [2.75, 3.05) is 17.2 Å². The van der Waals surface area contributed by atoms with Gasteiger partial charge in [-0.1, -0.05) is 29.8 Å². The van der Waals surface area contributed by atoms with E-state index in [1.54, 1.807) is 19.1 Å². The summed E-state index contributed by atoms with van der Waals surface area (Å²) in [5.74, 6) is -0.700. The lowest BCUT2D eigenvalue weighted by atomic mass is 9.95. The molecule has 0 aliphatic heterocycles. The molecule has 1 atom stereocenters. The van der Waals surface area contributed by atoms with E-state index in [4.69, 9.17) is 16.3 Å². The van der Waals surface area contributed by atoms with E-state index in [1.165, 1.54) is 23.1 Å². The Kier molecular flexibility index (Phi) is 9.29. The summed E-state index contributed by atoms with van der Waals surface area (Å²) in [5.41, 5.74) is 3.06. The molecule has 0 bridgehead atoms. The van der Waals surface area contributed by atoms with E-state index >= 15 is 0 Å². The smallest absolute Gasteiger partial charge is 0.341 e. The number of hydrogen-bond acceptors (Lipinski definition) is 6. The summed E-state index contributed by atoms with van der Waals surface area (Å²) in [5, 5.41) is 6.68. The van der Waals surface area contributed by atoms with Crippen LogP contribution >= 0.6 is 34.7 Å². The molecular weight excluding hydrogens is 528 g/mol. The van der Waals surface area contributed by atoms with Gasteiger partial charge in [0.15, 0.2) is 0 Å². The number of esters is 1. The van der Waals surface area contributed by atoms with Crippen LogP contribution in [-0.2, 0) is 33.6 Å². The van der Waals surface area contributed by atoms with Crippen molar-refractivity contribution in [1.82, 2.24) is 0 Å². The van der Waals surface area contributed by atoms with Crippen LogP contribution in [0.25, 0.3) is 0 Å². The number of carbonyl (C=O) groups excluding carboxylic acids is 3. The summed E-state index contributed by atoms with van der Waals surface area (Å²) in [4.78, 5) is 40.3. The number of aryl methyl sites for hydroxylation is 1. The number of carbonyl (C=O) groups is 3. The molecule has 1 aliphatic carbocycles. The lowest BCUT2D eigenvalue weighted by molar-refractivity contribution is -0.116. The highest BCUT2D eigenvalue weighted by Gasteiger charge is 2.28. The number of fused-ring (bicyclic) bond motifs is 1. The monoisotopic (exact) mass is 556 g/mol. The van der Waals surface area contributed by atoms with Crippen LogP contribution in [0, 0.1) is 0 Å². The Bertz CT molecular complexity index is 1290. The Morgan fingerprint density at radius 3 is 2.59 bits per heavy atom. The lowest BCUT2D eigenvalue weighted by Crippen LogP contribution is -2.23. The summed E-state index contributed by atoms with van der Waals surface area (Å²) in [6.07, 6.45) is 4.10. The largest absolute Gasteiger partial charge is 0.462 e. The standard InChI is InChI=1S/C28H29ClN2O4S2/c1-3-35-28(34)25-22-9-4-5-10-23(22)37-27(25)31-26(33)17(2)36-21-8-6-7-20(16-21)30-24(32)15-18-11-13-19(29)14-12-18/h6-8,11-14,16-17H,3-5,9-10,15H2,1-2H3,(H,30,32)(H,31,33). The summed E-state index contributed by atoms with van der Waals surface area (Å²) in [6.45, 7) is 3.89. The number of thiophene rings is 1. The van der Waals surface area contributed by atoms with E-state index in [9.17, 15) is 14.4 Å². The molecule has 1 unspecified atom stereocenters. The highest BCUT2D eigenvalue weighted by molar-refractivity contribution is 8.00. The minimum atomic E-state index is -0.422. The maximum absolute atomic E-state index is 13.1. The normalized spacial score (nSPS) is 13.4. The van der Waals surface area contributed by atoms with E-state index in [1.807, 2.05) is 43.3 Å². The Morgan fingerprint density at radius 2 is 1.84 bits per heavy atom. The first kappa shape index (κ1) is 27.2. The zero-order chi connectivity index (χ0) is 26.4. The van der Waals surface area contributed by atoms with Gasteiger partial charge in [0.25, 0.3) is 0 Å². The molecule has 2 amide bonds. The Balaban J connectivity index is 1.39. The molecule has 0 saturated heterocycles. The zero-order valence-corrected chi connectivity index (χ0v) is 23.2. The molecule has 1 aliphatic rings. The van der Waals surface area contributed by atoms with E-state index < -0.39 is 5.25 Å². The van der Waals surface area contributed by atoms with Gasteiger partial charge in [-0.3, -0.25) is 9.59 Å². The first-order valence-electron chi connectivity index (χ1n) is 12.3. The second-order valence-electron chi connectivity index (χ2n) is 8.76. The Labute approximate surface area is 230 Å². The average Bonchev–Trinajstić information content (AvgIpc) is 3.23. The molecule has 0 spiro atoms. The van der Waals surface area contributed by atoms with Gasteiger partial charge in [-0.25, -0.2) is 4.79 Å². The number of halogens is 1. The molecule has 6 nitrogen and oxygen atoms in total. The molecule has 9 heteroatoms.